The molecule has 4 aromatic carbocycles. The van der Waals surface area contributed by atoms with Crippen molar-refractivity contribution in [3.05, 3.63) is 121 Å². The molecule has 0 bridgehead atoms. The van der Waals surface area contributed by atoms with Crippen LogP contribution in [0.3, 0.4) is 0 Å². The van der Waals surface area contributed by atoms with Gasteiger partial charge in [0.15, 0.2) is 0 Å². The standard InChI is InChI=1S/C25H22P.CHNS/c1-21-13-11-12-20-25(21)26(22-14-5-2-6-15-22,23-16-7-3-8-17-23)24-18-9-4-10-19-24;2-1-3/h2-20H,1H3;3H/q+1;/p-1. The number of thiocyanates is 1. The fourth-order valence-electron chi connectivity index (χ4n) is 3.76. The smallest absolute Gasteiger partial charge is 0.144 e. The van der Waals surface area contributed by atoms with Crippen molar-refractivity contribution in [2.24, 2.45) is 0 Å². The maximum absolute atomic E-state index is 7.13. The molecule has 0 aliphatic carbocycles. The van der Waals surface area contributed by atoms with Crippen molar-refractivity contribution < 1.29 is 0 Å². The molecule has 0 aliphatic rings. The van der Waals surface area contributed by atoms with Gasteiger partial charge in [-0.1, -0.05) is 78.2 Å². The van der Waals surface area contributed by atoms with Crippen molar-refractivity contribution in [2.45, 2.75) is 6.92 Å². The van der Waals surface area contributed by atoms with Crippen LogP contribution in [0.15, 0.2) is 115 Å². The third-order valence-electron chi connectivity index (χ3n) is 4.91. The first kappa shape index (κ1) is 20.7. The molecule has 0 saturated carbocycles. The van der Waals surface area contributed by atoms with Crippen LogP contribution in [-0.4, -0.2) is 0 Å². The molecule has 4 rings (SSSR count). The van der Waals surface area contributed by atoms with Crippen molar-refractivity contribution >= 4 is 41.1 Å². The van der Waals surface area contributed by atoms with E-state index in [2.05, 4.69) is 135 Å². The van der Waals surface area contributed by atoms with Gasteiger partial charge in [-0.15, -0.1) is 0 Å². The predicted octanol–water partition coefficient (Wildman–Crippen LogP) is 4.63. The number of nitriles is 1. The maximum atomic E-state index is 7.13. The Balaban J connectivity index is 0.000000755. The zero-order chi connectivity index (χ0) is 20.5. The first-order chi connectivity index (χ1) is 14.2. The van der Waals surface area contributed by atoms with E-state index in [0.29, 0.717) is 0 Å². The molecule has 0 fully saturated rings. The van der Waals surface area contributed by atoms with Gasteiger partial charge in [0.2, 0.25) is 0 Å². The van der Waals surface area contributed by atoms with Crippen LogP contribution in [0.2, 0.25) is 0 Å². The number of rotatable bonds is 4. The van der Waals surface area contributed by atoms with E-state index in [0.717, 1.165) is 0 Å². The average molecular weight is 412 g/mol. The van der Waals surface area contributed by atoms with Crippen LogP contribution >= 0.6 is 7.26 Å². The molecule has 0 radical (unpaired) electrons. The van der Waals surface area contributed by atoms with Crippen LogP contribution < -0.4 is 21.2 Å². The van der Waals surface area contributed by atoms with Gasteiger partial charge in [0.25, 0.3) is 0 Å². The highest BCUT2D eigenvalue weighted by Gasteiger charge is 2.48. The summed E-state index contributed by atoms with van der Waals surface area (Å²) in [6, 6.07) is 41.9. The van der Waals surface area contributed by atoms with Gasteiger partial charge in [0.1, 0.15) is 28.5 Å². The van der Waals surface area contributed by atoms with Crippen molar-refractivity contribution in [3.8, 4) is 5.40 Å². The number of benzene rings is 4. The summed E-state index contributed by atoms with van der Waals surface area (Å²) in [5.74, 6) is 0. The molecule has 29 heavy (non-hydrogen) atoms. The van der Waals surface area contributed by atoms with E-state index < -0.39 is 7.26 Å². The van der Waals surface area contributed by atoms with Gasteiger partial charge in [-0.2, -0.15) is 0 Å². The first-order valence-electron chi connectivity index (χ1n) is 9.38. The Hall–Kier alpha value is -2.98. The predicted molar refractivity (Wildman–Crippen MR) is 129 cm³/mol. The molecule has 0 unspecified atom stereocenters. The van der Waals surface area contributed by atoms with Crippen LogP contribution in [0.25, 0.3) is 0 Å². The Morgan fingerprint density at radius 2 is 0.897 bits per heavy atom. The number of hydrogen-bond acceptors (Lipinski definition) is 2. The van der Waals surface area contributed by atoms with Crippen LogP contribution in [0.4, 0.5) is 0 Å². The molecule has 0 atom stereocenters. The molecule has 0 aromatic heterocycles. The second kappa shape index (κ2) is 9.99. The second-order valence-electron chi connectivity index (χ2n) is 6.56. The lowest BCUT2D eigenvalue weighted by Gasteiger charge is -2.28. The SMILES string of the molecule is Cc1ccccc1[P+](c1ccccc1)(c1ccccc1)c1ccccc1.N#C[S-]. The Morgan fingerprint density at radius 1 is 0.586 bits per heavy atom. The van der Waals surface area contributed by atoms with Gasteiger partial charge < -0.3 is 12.6 Å². The van der Waals surface area contributed by atoms with Crippen molar-refractivity contribution in [1.82, 2.24) is 0 Å². The lowest BCUT2D eigenvalue weighted by molar-refractivity contribution is 1.51. The molecular weight excluding hydrogens is 389 g/mol. The summed E-state index contributed by atoms with van der Waals surface area (Å²) < 4.78 is 0. The first-order valence-corrected chi connectivity index (χ1v) is 11.6. The summed E-state index contributed by atoms with van der Waals surface area (Å²) in [5.41, 5.74) is 1.34. The lowest BCUT2D eigenvalue weighted by atomic mass is 10.2. The van der Waals surface area contributed by atoms with E-state index in [1.807, 2.05) is 0 Å². The van der Waals surface area contributed by atoms with Crippen molar-refractivity contribution in [3.63, 3.8) is 0 Å². The minimum Gasteiger partial charge on any atom is -0.696 e. The molecule has 0 saturated heterocycles. The van der Waals surface area contributed by atoms with Crippen LogP contribution in [-0.2, 0) is 12.6 Å². The fourth-order valence-corrected chi connectivity index (χ4v) is 8.26. The number of nitrogens with zero attached hydrogens (tertiary/aromatic N) is 1. The van der Waals surface area contributed by atoms with E-state index in [1.54, 1.807) is 0 Å². The monoisotopic (exact) mass is 411 g/mol. The average Bonchev–Trinajstić information content (AvgIpc) is 2.78. The van der Waals surface area contributed by atoms with E-state index in [4.69, 9.17) is 5.26 Å². The minimum atomic E-state index is -1.94. The van der Waals surface area contributed by atoms with Crippen LogP contribution in [0, 0.1) is 17.6 Å². The van der Waals surface area contributed by atoms with Gasteiger partial charge in [-0.25, -0.2) is 5.26 Å². The number of hydrogen-bond donors (Lipinski definition) is 0. The quantitative estimate of drug-likeness (QED) is 0.278. The van der Waals surface area contributed by atoms with E-state index in [9.17, 15) is 0 Å². The topological polar surface area (TPSA) is 23.8 Å². The van der Waals surface area contributed by atoms with Crippen molar-refractivity contribution in [2.75, 3.05) is 0 Å². The molecule has 0 aliphatic heterocycles. The molecule has 0 heterocycles. The third kappa shape index (κ3) is 4.22. The third-order valence-corrected chi connectivity index (χ3v) is 9.35. The Morgan fingerprint density at radius 3 is 1.24 bits per heavy atom. The molecule has 0 spiro atoms. The van der Waals surface area contributed by atoms with E-state index in [-0.39, 0.29) is 0 Å². The normalized spacial score (nSPS) is 10.3. The van der Waals surface area contributed by atoms with Crippen LogP contribution in [0.1, 0.15) is 5.56 Å². The summed E-state index contributed by atoms with van der Waals surface area (Å²) in [5, 5.41) is 14.1. The minimum absolute atomic E-state index is 1.33. The highest BCUT2D eigenvalue weighted by atomic mass is 32.1. The molecule has 0 N–H and O–H groups in total. The van der Waals surface area contributed by atoms with E-state index >= 15 is 0 Å². The molecule has 3 heteroatoms. The summed E-state index contributed by atoms with van der Waals surface area (Å²) >= 11 is 3.70. The summed E-state index contributed by atoms with van der Waals surface area (Å²) in [4.78, 5) is 0. The van der Waals surface area contributed by atoms with E-state index in [1.165, 1.54) is 32.2 Å². The highest BCUT2D eigenvalue weighted by molar-refractivity contribution is 8.01. The van der Waals surface area contributed by atoms with Gasteiger partial charge >= 0.3 is 0 Å². The zero-order valence-corrected chi connectivity index (χ0v) is 18.0. The Kier molecular flexibility index (Phi) is 7.14. The van der Waals surface area contributed by atoms with Crippen LogP contribution in [0.5, 0.6) is 0 Å². The highest BCUT2D eigenvalue weighted by Crippen LogP contribution is 2.54. The summed E-state index contributed by atoms with van der Waals surface area (Å²) in [7, 11) is -1.94. The Labute approximate surface area is 179 Å². The molecular formula is C26H22NPS. The largest absolute Gasteiger partial charge is 0.696 e. The molecule has 0 amide bonds. The number of aryl methyl sites for hydroxylation is 1. The summed E-state index contributed by atoms with van der Waals surface area (Å²) in [6.07, 6.45) is 0. The molecule has 1 nitrogen and oxygen atoms in total. The fraction of sp³-hybridized carbons (Fsp3) is 0.0385. The maximum Gasteiger partial charge on any atom is 0.144 e. The van der Waals surface area contributed by atoms with Gasteiger partial charge in [-0.3, -0.25) is 0 Å². The Bertz CT molecular complexity index is 977. The molecule has 142 valence electrons. The van der Waals surface area contributed by atoms with Gasteiger partial charge in [0.05, 0.1) is 0 Å². The van der Waals surface area contributed by atoms with Gasteiger partial charge in [0, 0.05) is 0 Å². The van der Waals surface area contributed by atoms with Gasteiger partial charge in [-0.05, 0) is 55.0 Å². The summed E-state index contributed by atoms with van der Waals surface area (Å²) in [6.45, 7) is 2.24. The van der Waals surface area contributed by atoms with Crippen molar-refractivity contribution in [1.29, 1.82) is 5.26 Å². The molecule has 4 aromatic rings. The second-order valence-corrected chi connectivity index (χ2v) is 10.1. The zero-order valence-electron chi connectivity index (χ0n) is 16.3. The lowest BCUT2D eigenvalue weighted by Crippen LogP contribution is -2.39.